The summed E-state index contributed by atoms with van der Waals surface area (Å²) >= 11 is 1.60. The molecule has 0 spiro atoms. The van der Waals surface area contributed by atoms with Gasteiger partial charge in [0, 0.05) is 18.0 Å². The second-order valence-corrected chi connectivity index (χ2v) is 5.80. The second-order valence-electron chi connectivity index (χ2n) is 4.26. The number of hydrogen-bond acceptors (Lipinski definition) is 4. The molecule has 1 aliphatic rings. The van der Waals surface area contributed by atoms with E-state index in [1.165, 1.54) is 0 Å². The van der Waals surface area contributed by atoms with E-state index in [2.05, 4.69) is 5.32 Å². The Bertz CT molecular complexity index is 401. The highest BCUT2D eigenvalue weighted by molar-refractivity contribution is 8.00. The smallest absolute Gasteiger partial charge is 0.304 e. The number of thioether (sulfide) groups is 1. The number of carbonyl (C=O) groups is 1. The van der Waals surface area contributed by atoms with E-state index in [1.54, 1.807) is 11.8 Å². The average Bonchev–Trinajstić information content (AvgIpc) is 2.26. The molecule has 0 saturated carbocycles. The van der Waals surface area contributed by atoms with Crippen LogP contribution in [0, 0.1) is 0 Å². The van der Waals surface area contributed by atoms with Gasteiger partial charge in [0.25, 0.3) is 0 Å². The molecule has 5 heteroatoms. The summed E-state index contributed by atoms with van der Waals surface area (Å²) in [7, 11) is 0. The van der Waals surface area contributed by atoms with Crippen LogP contribution < -0.4 is 5.32 Å². The lowest BCUT2D eigenvalue weighted by Gasteiger charge is -2.40. The Morgan fingerprint density at radius 1 is 1.35 bits per heavy atom. The molecule has 1 saturated heterocycles. The Labute approximate surface area is 104 Å². The zero-order valence-electron chi connectivity index (χ0n) is 9.35. The second kappa shape index (κ2) is 5.08. The van der Waals surface area contributed by atoms with Gasteiger partial charge in [-0.1, -0.05) is 12.1 Å². The summed E-state index contributed by atoms with van der Waals surface area (Å²) in [6.07, 6.45) is 0.173. The summed E-state index contributed by atoms with van der Waals surface area (Å²) < 4.78 is -0.216. The van der Waals surface area contributed by atoms with Crippen LogP contribution in [0.15, 0.2) is 29.2 Å². The molecule has 0 bridgehead atoms. The molecule has 0 aromatic heterocycles. The van der Waals surface area contributed by atoms with Gasteiger partial charge in [-0.15, -0.1) is 11.8 Å². The van der Waals surface area contributed by atoms with Crippen molar-refractivity contribution in [3.63, 3.8) is 0 Å². The molecule has 1 aromatic carbocycles. The first-order valence-corrected chi connectivity index (χ1v) is 6.26. The lowest BCUT2D eigenvalue weighted by molar-refractivity contribution is -0.138. The Balaban J connectivity index is 2.04. The zero-order valence-corrected chi connectivity index (χ0v) is 10.2. The highest BCUT2D eigenvalue weighted by Crippen LogP contribution is 2.38. The molecule has 1 aromatic rings. The Hall–Kier alpha value is -1.04. The van der Waals surface area contributed by atoms with Crippen molar-refractivity contribution < 1.29 is 15.0 Å². The van der Waals surface area contributed by atoms with Crippen LogP contribution in [0.4, 0.5) is 0 Å². The van der Waals surface area contributed by atoms with Crippen molar-refractivity contribution in [1.29, 1.82) is 0 Å². The van der Waals surface area contributed by atoms with E-state index in [4.69, 9.17) is 10.2 Å². The molecule has 0 atom stereocenters. The van der Waals surface area contributed by atoms with Crippen LogP contribution in [0.1, 0.15) is 12.0 Å². The van der Waals surface area contributed by atoms with Crippen LogP contribution in [0.3, 0.4) is 0 Å². The molecule has 0 amide bonds. The number of carboxylic acid groups (broad SMARTS) is 1. The summed E-state index contributed by atoms with van der Waals surface area (Å²) in [6, 6.07) is 7.59. The fraction of sp³-hybridized carbons (Fsp3) is 0.417. The molecule has 92 valence electrons. The maximum Gasteiger partial charge on any atom is 0.304 e. The number of carboxylic acids is 1. The normalized spacial score (nSPS) is 17.5. The first-order valence-electron chi connectivity index (χ1n) is 5.45. The minimum absolute atomic E-state index is 0.0345. The van der Waals surface area contributed by atoms with E-state index >= 15 is 0 Å². The van der Waals surface area contributed by atoms with Crippen molar-refractivity contribution in [2.75, 3.05) is 13.1 Å². The van der Waals surface area contributed by atoms with Gasteiger partial charge in [0.05, 0.1) is 17.8 Å². The van der Waals surface area contributed by atoms with Crippen LogP contribution in [-0.4, -0.2) is 34.0 Å². The number of nitrogens with one attached hydrogen (secondary N) is 1. The van der Waals surface area contributed by atoms with Crippen molar-refractivity contribution >= 4 is 17.7 Å². The highest BCUT2D eigenvalue weighted by Gasteiger charge is 2.40. The van der Waals surface area contributed by atoms with Crippen LogP contribution >= 0.6 is 11.8 Å². The maximum absolute atomic E-state index is 10.8. The van der Waals surface area contributed by atoms with Crippen molar-refractivity contribution in [2.24, 2.45) is 0 Å². The summed E-state index contributed by atoms with van der Waals surface area (Å²) in [4.78, 5) is 11.9. The van der Waals surface area contributed by atoms with Crippen molar-refractivity contribution in [2.45, 2.75) is 22.7 Å². The molecule has 3 N–H and O–H groups in total. The number of aliphatic hydroxyl groups excluding tert-OH is 1. The van der Waals surface area contributed by atoms with E-state index in [-0.39, 0.29) is 17.8 Å². The monoisotopic (exact) mass is 253 g/mol. The van der Waals surface area contributed by atoms with Crippen LogP contribution in [0.2, 0.25) is 0 Å². The lowest BCUT2D eigenvalue weighted by Crippen LogP contribution is -2.57. The Kier molecular flexibility index (Phi) is 3.71. The number of benzene rings is 1. The van der Waals surface area contributed by atoms with Crippen molar-refractivity contribution in [1.82, 2.24) is 5.32 Å². The van der Waals surface area contributed by atoms with Crippen molar-refractivity contribution in [3.8, 4) is 0 Å². The lowest BCUT2D eigenvalue weighted by atomic mass is 9.98. The summed E-state index contributed by atoms with van der Waals surface area (Å²) in [5.41, 5.74) is 0.869. The van der Waals surface area contributed by atoms with Gasteiger partial charge in [0.1, 0.15) is 0 Å². The van der Waals surface area contributed by atoms with Gasteiger partial charge in [-0.05, 0) is 17.7 Å². The molecule has 0 radical (unpaired) electrons. The van der Waals surface area contributed by atoms with Crippen LogP contribution in [0.25, 0.3) is 0 Å². The van der Waals surface area contributed by atoms with E-state index < -0.39 is 5.97 Å². The average molecular weight is 253 g/mol. The van der Waals surface area contributed by atoms with Gasteiger partial charge in [-0.2, -0.15) is 0 Å². The van der Waals surface area contributed by atoms with Crippen molar-refractivity contribution in [3.05, 3.63) is 29.8 Å². The first-order chi connectivity index (χ1) is 8.13. The molecule has 1 aliphatic heterocycles. The van der Waals surface area contributed by atoms with E-state index in [0.29, 0.717) is 0 Å². The molecular formula is C12H15NO3S. The van der Waals surface area contributed by atoms with Crippen LogP contribution in [0.5, 0.6) is 0 Å². The third-order valence-electron chi connectivity index (χ3n) is 2.81. The van der Waals surface area contributed by atoms with Gasteiger partial charge >= 0.3 is 5.97 Å². The first kappa shape index (κ1) is 12.4. The summed E-state index contributed by atoms with van der Waals surface area (Å²) in [5, 5.41) is 21.0. The van der Waals surface area contributed by atoms with E-state index in [9.17, 15) is 4.79 Å². The Morgan fingerprint density at radius 3 is 2.41 bits per heavy atom. The number of hydrogen-bond donors (Lipinski definition) is 3. The number of aliphatic hydroxyl groups is 1. The topological polar surface area (TPSA) is 69.6 Å². The standard InChI is InChI=1S/C12H15NO3S/c14-6-9-1-3-10(4-2-9)17-12(5-11(15)16)7-13-8-12/h1-4,13-14H,5-8H2,(H,15,16). The van der Waals surface area contributed by atoms with E-state index in [0.717, 1.165) is 23.5 Å². The molecule has 1 heterocycles. The molecule has 0 aliphatic carbocycles. The largest absolute Gasteiger partial charge is 0.481 e. The molecule has 1 fully saturated rings. The minimum Gasteiger partial charge on any atom is -0.481 e. The molecule has 0 unspecified atom stereocenters. The predicted molar refractivity (Wildman–Crippen MR) is 66.1 cm³/mol. The minimum atomic E-state index is -0.758. The predicted octanol–water partition coefficient (Wildman–Crippen LogP) is 1.09. The highest BCUT2D eigenvalue weighted by atomic mass is 32.2. The van der Waals surface area contributed by atoms with Gasteiger partial charge in [0.2, 0.25) is 0 Å². The Morgan fingerprint density at radius 2 is 2.00 bits per heavy atom. The fourth-order valence-electron chi connectivity index (χ4n) is 1.83. The van der Waals surface area contributed by atoms with Crippen LogP contribution in [-0.2, 0) is 11.4 Å². The molecule has 2 rings (SSSR count). The summed E-state index contributed by atoms with van der Waals surface area (Å²) in [6.45, 7) is 1.49. The number of aliphatic carboxylic acids is 1. The third kappa shape index (κ3) is 3.00. The van der Waals surface area contributed by atoms with Gasteiger partial charge < -0.3 is 15.5 Å². The SMILES string of the molecule is O=C(O)CC1(Sc2ccc(CO)cc2)CNC1. The van der Waals surface area contributed by atoms with Gasteiger partial charge in [-0.25, -0.2) is 0 Å². The molecule has 17 heavy (non-hydrogen) atoms. The van der Waals surface area contributed by atoms with Gasteiger partial charge in [0.15, 0.2) is 0 Å². The molecule has 4 nitrogen and oxygen atoms in total. The quantitative estimate of drug-likeness (QED) is 0.733. The molecular weight excluding hydrogens is 238 g/mol. The summed E-state index contributed by atoms with van der Waals surface area (Å²) in [5.74, 6) is -0.758. The third-order valence-corrected chi connectivity index (χ3v) is 4.18. The zero-order chi connectivity index (χ0) is 12.3. The van der Waals surface area contributed by atoms with Gasteiger partial charge in [-0.3, -0.25) is 4.79 Å². The number of rotatable bonds is 5. The van der Waals surface area contributed by atoms with E-state index in [1.807, 2.05) is 24.3 Å². The maximum atomic E-state index is 10.8. The fourth-order valence-corrected chi connectivity index (χ4v) is 3.14.